The highest BCUT2D eigenvalue weighted by atomic mass is 16.4. The van der Waals surface area contributed by atoms with E-state index < -0.39 is 5.97 Å². The Labute approximate surface area is 107 Å². The molecule has 2 fully saturated rings. The zero-order valence-corrected chi connectivity index (χ0v) is 10.4. The number of furan rings is 1. The molecule has 1 aromatic rings. The highest BCUT2D eigenvalue weighted by molar-refractivity contribution is 5.70. The Balaban J connectivity index is 1.62. The van der Waals surface area contributed by atoms with E-state index in [-0.39, 0.29) is 5.92 Å². The van der Waals surface area contributed by atoms with Crippen molar-refractivity contribution in [1.29, 1.82) is 0 Å². The lowest BCUT2D eigenvalue weighted by Crippen LogP contribution is -2.45. The molecule has 2 heterocycles. The van der Waals surface area contributed by atoms with E-state index in [4.69, 9.17) is 9.52 Å². The lowest BCUT2D eigenvalue weighted by molar-refractivity contribution is -0.145. The highest BCUT2D eigenvalue weighted by Gasteiger charge is 2.37. The molecule has 0 radical (unpaired) electrons. The molecule has 1 saturated heterocycles. The number of rotatable bonds is 3. The fraction of sp³-hybridized carbons (Fsp3) is 0.643. The Morgan fingerprint density at radius 2 is 2.06 bits per heavy atom. The van der Waals surface area contributed by atoms with E-state index in [0.717, 1.165) is 38.2 Å². The topological polar surface area (TPSA) is 53.7 Å². The summed E-state index contributed by atoms with van der Waals surface area (Å²) in [6.07, 6.45) is 4.61. The molecule has 4 nitrogen and oxygen atoms in total. The molecular weight excluding hydrogens is 230 g/mol. The van der Waals surface area contributed by atoms with Gasteiger partial charge in [0.25, 0.3) is 0 Å². The molecule has 2 bridgehead atoms. The normalized spacial score (nSPS) is 32.3. The Hall–Kier alpha value is -1.29. The zero-order chi connectivity index (χ0) is 12.5. The average Bonchev–Trinajstić information content (AvgIpc) is 2.80. The van der Waals surface area contributed by atoms with Crippen LogP contribution in [-0.4, -0.2) is 29.1 Å². The van der Waals surface area contributed by atoms with Crippen LogP contribution in [0.15, 0.2) is 22.8 Å². The van der Waals surface area contributed by atoms with Crippen molar-refractivity contribution in [2.45, 2.75) is 25.8 Å². The smallest absolute Gasteiger partial charge is 0.306 e. The van der Waals surface area contributed by atoms with Crippen molar-refractivity contribution >= 4 is 5.97 Å². The summed E-state index contributed by atoms with van der Waals surface area (Å²) in [6, 6.07) is 3.92. The van der Waals surface area contributed by atoms with Crippen molar-refractivity contribution < 1.29 is 14.3 Å². The lowest BCUT2D eigenvalue weighted by atomic mass is 9.72. The van der Waals surface area contributed by atoms with Crippen molar-refractivity contribution in [1.82, 2.24) is 4.90 Å². The first kappa shape index (κ1) is 11.8. The molecule has 18 heavy (non-hydrogen) atoms. The average molecular weight is 249 g/mol. The van der Waals surface area contributed by atoms with Gasteiger partial charge < -0.3 is 9.52 Å². The van der Waals surface area contributed by atoms with Crippen molar-refractivity contribution in [2.24, 2.45) is 17.8 Å². The molecule has 98 valence electrons. The summed E-state index contributed by atoms with van der Waals surface area (Å²) < 4.78 is 5.38. The SMILES string of the molecule is O=C(O)C1CC2CC(C1)CN(Cc1ccco1)C2. The minimum atomic E-state index is -0.607. The molecule has 1 N–H and O–H groups in total. The number of carboxylic acids is 1. The van der Waals surface area contributed by atoms with Crippen molar-refractivity contribution in [3.05, 3.63) is 24.2 Å². The second-order valence-electron chi connectivity index (χ2n) is 5.75. The van der Waals surface area contributed by atoms with Gasteiger partial charge in [-0.2, -0.15) is 0 Å². The number of carbonyl (C=O) groups is 1. The van der Waals surface area contributed by atoms with Crippen molar-refractivity contribution in [3.63, 3.8) is 0 Å². The van der Waals surface area contributed by atoms with E-state index in [0.29, 0.717) is 11.8 Å². The van der Waals surface area contributed by atoms with Crippen LogP contribution in [0.2, 0.25) is 0 Å². The van der Waals surface area contributed by atoms with Crippen LogP contribution in [0.3, 0.4) is 0 Å². The predicted molar refractivity (Wildman–Crippen MR) is 65.9 cm³/mol. The summed E-state index contributed by atoms with van der Waals surface area (Å²) in [5.74, 6) is 1.38. The van der Waals surface area contributed by atoms with E-state index in [1.807, 2.05) is 12.1 Å². The summed E-state index contributed by atoms with van der Waals surface area (Å²) in [6.45, 7) is 2.89. The molecule has 0 spiro atoms. The van der Waals surface area contributed by atoms with Crippen LogP contribution < -0.4 is 0 Å². The van der Waals surface area contributed by atoms with Gasteiger partial charge in [-0.05, 0) is 43.2 Å². The van der Waals surface area contributed by atoms with Crippen LogP contribution >= 0.6 is 0 Å². The van der Waals surface area contributed by atoms with Gasteiger partial charge in [-0.3, -0.25) is 9.69 Å². The molecule has 1 aliphatic carbocycles. The first-order valence-corrected chi connectivity index (χ1v) is 6.68. The molecule has 4 heteroatoms. The highest BCUT2D eigenvalue weighted by Crippen LogP contribution is 2.38. The van der Waals surface area contributed by atoms with Gasteiger partial charge in [-0.1, -0.05) is 0 Å². The maximum atomic E-state index is 11.1. The molecule has 3 rings (SSSR count). The van der Waals surface area contributed by atoms with Crippen LogP contribution in [0.1, 0.15) is 25.0 Å². The van der Waals surface area contributed by atoms with E-state index in [9.17, 15) is 4.79 Å². The van der Waals surface area contributed by atoms with Gasteiger partial charge in [0.15, 0.2) is 0 Å². The monoisotopic (exact) mass is 249 g/mol. The molecule has 0 amide bonds. The summed E-state index contributed by atoms with van der Waals surface area (Å²) in [5, 5.41) is 9.14. The van der Waals surface area contributed by atoms with Gasteiger partial charge in [-0.25, -0.2) is 0 Å². The van der Waals surface area contributed by atoms with E-state index in [2.05, 4.69) is 4.90 Å². The number of piperidine rings is 1. The molecule has 1 aliphatic heterocycles. The number of aliphatic carboxylic acids is 1. The van der Waals surface area contributed by atoms with Crippen molar-refractivity contribution in [3.8, 4) is 0 Å². The number of fused-ring (bicyclic) bond motifs is 2. The lowest BCUT2D eigenvalue weighted by Gasteiger charge is -2.43. The quantitative estimate of drug-likeness (QED) is 0.892. The predicted octanol–water partition coefficient (Wildman–Crippen LogP) is 2.21. The second-order valence-corrected chi connectivity index (χ2v) is 5.75. The summed E-state index contributed by atoms with van der Waals surface area (Å²) in [4.78, 5) is 13.5. The van der Waals surface area contributed by atoms with Gasteiger partial charge in [0.05, 0.1) is 18.7 Å². The summed E-state index contributed by atoms with van der Waals surface area (Å²) >= 11 is 0. The van der Waals surface area contributed by atoms with Crippen LogP contribution in [0.4, 0.5) is 0 Å². The first-order chi connectivity index (χ1) is 8.70. The van der Waals surface area contributed by atoms with Crippen LogP contribution in [0, 0.1) is 17.8 Å². The zero-order valence-electron chi connectivity index (χ0n) is 10.4. The van der Waals surface area contributed by atoms with Crippen LogP contribution in [0.25, 0.3) is 0 Å². The maximum Gasteiger partial charge on any atom is 0.306 e. The van der Waals surface area contributed by atoms with E-state index in [1.165, 1.54) is 6.42 Å². The van der Waals surface area contributed by atoms with Gasteiger partial charge in [0, 0.05) is 13.1 Å². The van der Waals surface area contributed by atoms with Gasteiger partial charge in [-0.15, -0.1) is 0 Å². The Morgan fingerprint density at radius 3 is 2.61 bits per heavy atom. The Morgan fingerprint density at radius 1 is 1.33 bits per heavy atom. The third-order valence-electron chi connectivity index (χ3n) is 4.24. The molecule has 2 unspecified atom stereocenters. The summed E-state index contributed by atoms with van der Waals surface area (Å²) in [7, 11) is 0. The second kappa shape index (κ2) is 4.76. The maximum absolute atomic E-state index is 11.1. The van der Waals surface area contributed by atoms with Gasteiger partial charge >= 0.3 is 5.97 Å². The van der Waals surface area contributed by atoms with Gasteiger partial charge in [0.1, 0.15) is 5.76 Å². The summed E-state index contributed by atoms with van der Waals surface area (Å²) in [5.41, 5.74) is 0. The number of hydrogen-bond donors (Lipinski definition) is 1. The number of hydrogen-bond acceptors (Lipinski definition) is 3. The minimum Gasteiger partial charge on any atom is -0.481 e. The molecule has 1 saturated carbocycles. The van der Waals surface area contributed by atoms with E-state index >= 15 is 0 Å². The van der Waals surface area contributed by atoms with Crippen molar-refractivity contribution in [2.75, 3.05) is 13.1 Å². The molecule has 0 aromatic carbocycles. The third-order valence-corrected chi connectivity index (χ3v) is 4.24. The third kappa shape index (κ3) is 2.43. The molecule has 2 aliphatic rings. The van der Waals surface area contributed by atoms with Gasteiger partial charge in [0.2, 0.25) is 0 Å². The molecular formula is C14H19NO3. The van der Waals surface area contributed by atoms with E-state index in [1.54, 1.807) is 6.26 Å². The molecule has 2 atom stereocenters. The van der Waals surface area contributed by atoms with Crippen LogP contribution in [0.5, 0.6) is 0 Å². The fourth-order valence-corrected chi connectivity index (χ4v) is 3.62. The first-order valence-electron chi connectivity index (χ1n) is 6.68. The van der Waals surface area contributed by atoms with Crippen LogP contribution in [-0.2, 0) is 11.3 Å². The Bertz CT molecular complexity index is 401. The largest absolute Gasteiger partial charge is 0.481 e. The minimum absolute atomic E-state index is 0.112. The number of carboxylic acid groups (broad SMARTS) is 1. The number of likely N-dealkylation sites (tertiary alicyclic amines) is 1. The number of nitrogens with zero attached hydrogens (tertiary/aromatic N) is 1. The fourth-order valence-electron chi connectivity index (χ4n) is 3.62. The molecule has 1 aromatic heterocycles. The standard InChI is InChI=1S/C14H19NO3/c16-14(17)12-5-10-4-11(6-12)8-15(7-10)9-13-2-1-3-18-13/h1-3,10-12H,4-9H2,(H,16,17). The Kier molecular flexibility index (Phi) is 3.12.